The van der Waals surface area contributed by atoms with Crippen LogP contribution in [-0.4, -0.2) is 14.9 Å². The number of aromatic nitrogens is 2. The Bertz CT molecular complexity index is 646. The molecule has 0 aliphatic carbocycles. The fourth-order valence-electron chi connectivity index (χ4n) is 1.63. The van der Waals surface area contributed by atoms with Gasteiger partial charge in [-0.05, 0) is 22.4 Å². The molecule has 1 heterocycles. The van der Waals surface area contributed by atoms with Gasteiger partial charge in [-0.25, -0.2) is 9.97 Å². The van der Waals surface area contributed by atoms with Crippen molar-refractivity contribution in [1.29, 1.82) is 0 Å². The van der Waals surface area contributed by atoms with Gasteiger partial charge in [-0.1, -0.05) is 19.1 Å². The second-order valence-corrected chi connectivity index (χ2v) is 4.65. The molecule has 0 atom stereocenters. The fourth-order valence-corrected chi connectivity index (χ4v) is 2.09. The summed E-state index contributed by atoms with van der Waals surface area (Å²) in [5.74, 6) is 0.717. The van der Waals surface area contributed by atoms with E-state index in [1.165, 1.54) is 12.1 Å². The van der Waals surface area contributed by atoms with Crippen LogP contribution < -0.4 is 5.73 Å². The van der Waals surface area contributed by atoms with Crippen molar-refractivity contribution < 1.29 is 4.92 Å². The Morgan fingerprint density at radius 1 is 1.42 bits per heavy atom. The number of nitrogens with two attached hydrogens (primary N) is 1. The lowest BCUT2D eigenvalue weighted by Crippen LogP contribution is -2.02. The van der Waals surface area contributed by atoms with E-state index in [1.807, 2.05) is 6.92 Å². The van der Waals surface area contributed by atoms with Crippen molar-refractivity contribution in [3.05, 3.63) is 44.5 Å². The highest BCUT2D eigenvalue weighted by Crippen LogP contribution is 2.27. The molecule has 0 spiro atoms. The summed E-state index contributed by atoms with van der Waals surface area (Å²) in [5, 5.41) is 10.8. The van der Waals surface area contributed by atoms with Gasteiger partial charge in [-0.3, -0.25) is 10.1 Å². The van der Waals surface area contributed by atoms with Gasteiger partial charge in [0.15, 0.2) is 5.82 Å². The molecule has 0 aliphatic heterocycles. The molecule has 0 unspecified atom stereocenters. The summed E-state index contributed by atoms with van der Waals surface area (Å²) in [6.45, 7) is 1.95. The molecule has 19 heavy (non-hydrogen) atoms. The molecule has 2 N–H and O–H groups in total. The van der Waals surface area contributed by atoms with Gasteiger partial charge in [0.25, 0.3) is 5.69 Å². The van der Waals surface area contributed by atoms with Crippen LogP contribution >= 0.6 is 15.9 Å². The van der Waals surface area contributed by atoms with Crippen molar-refractivity contribution in [2.75, 3.05) is 5.73 Å². The number of nitrogens with zero attached hydrogens (tertiary/aromatic N) is 3. The number of nitro benzene ring substituents is 1. The first-order chi connectivity index (χ1) is 9.02. The van der Waals surface area contributed by atoms with Crippen molar-refractivity contribution >= 4 is 27.4 Å². The number of halogens is 1. The first kappa shape index (κ1) is 13.4. The Balaban J connectivity index is 2.56. The average Bonchev–Trinajstić information content (AvgIpc) is 2.41. The van der Waals surface area contributed by atoms with E-state index in [0.717, 1.165) is 5.69 Å². The number of anilines is 1. The molecule has 2 rings (SSSR count). The van der Waals surface area contributed by atoms with Crippen LogP contribution in [0.2, 0.25) is 0 Å². The molecule has 0 saturated heterocycles. The van der Waals surface area contributed by atoms with Crippen molar-refractivity contribution in [2.24, 2.45) is 0 Å². The lowest BCUT2D eigenvalue weighted by atomic mass is 10.2. The number of rotatable bonds is 3. The minimum absolute atomic E-state index is 0.000591. The van der Waals surface area contributed by atoms with Crippen molar-refractivity contribution in [3.8, 4) is 11.4 Å². The van der Waals surface area contributed by atoms with E-state index < -0.39 is 4.92 Å². The number of benzene rings is 1. The number of hydrogen-bond acceptors (Lipinski definition) is 5. The third kappa shape index (κ3) is 2.70. The van der Waals surface area contributed by atoms with Gasteiger partial charge >= 0.3 is 0 Å². The highest BCUT2D eigenvalue weighted by atomic mass is 79.9. The number of aryl methyl sites for hydroxylation is 1. The van der Waals surface area contributed by atoms with Crippen LogP contribution in [0.3, 0.4) is 0 Å². The second-order valence-electron chi connectivity index (χ2n) is 3.85. The maximum atomic E-state index is 10.8. The smallest absolute Gasteiger partial charge is 0.270 e. The van der Waals surface area contributed by atoms with E-state index in [4.69, 9.17) is 5.73 Å². The predicted molar refractivity (Wildman–Crippen MR) is 75.6 cm³/mol. The maximum absolute atomic E-state index is 10.8. The molecule has 2 aromatic rings. The van der Waals surface area contributed by atoms with Crippen LogP contribution in [0, 0.1) is 10.1 Å². The summed E-state index contributed by atoms with van der Waals surface area (Å²) in [7, 11) is 0. The standard InChI is InChI=1S/C12H11BrN4O2/c1-2-9-10(13)11(14)16-12(15-9)7-4-3-5-8(6-7)17(18)19/h3-6H,2H2,1H3,(H2,14,15,16). The van der Waals surface area contributed by atoms with E-state index >= 15 is 0 Å². The Morgan fingerprint density at radius 3 is 2.79 bits per heavy atom. The zero-order chi connectivity index (χ0) is 14.0. The summed E-state index contributed by atoms with van der Waals surface area (Å²) in [5.41, 5.74) is 7.15. The highest BCUT2D eigenvalue weighted by molar-refractivity contribution is 9.10. The molecule has 6 nitrogen and oxygen atoms in total. The molecule has 0 aliphatic rings. The van der Waals surface area contributed by atoms with Crippen molar-refractivity contribution in [3.63, 3.8) is 0 Å². The summed E-state index contributed by atoms with van der Waals surface area (Å²) < 4.78 is 0.671. The van der Waals surface area contributed by atoms with Gasteiger partial charge in [-0.15, -0.1) is 0 Å². The molecule has 98 valence electrons. The quantitative estimate of drug-likeness (QED) is 0.692. The molecule has 0 amide bonds. The SMILES string of the molecule is CCc1nc(-c2cccc([N+](=O)[O-])c2)nc(N)c1Br. The van der Waals surface area contributed by atoms with Gasteiger partial charge in [0, 0.05) is 17.7 Å². The summed E-state index contributed by atoms with van der Waals surface area (Å²) in [6, 6.07) is 6.17. The van der Waals surface area contributed by atoms with Crippen LogP contribution in [0.15, 0.2) is 28.7 Å². The first-order valence-corrected chi connectivity index (χ1v) is 6.39. The Labute approximate surface area is 118 Å². The number of nitrogen functional groups attached to an aromatic ring is 1. The monoisotopic (exact) mass is 322 g/mol. The molecule has 7 heteroatoms. The van der Waals surface area contributed by atoms with E-state index in [0.29, 0.717) is 28.1 Å². The van der Waals surface area contributed by atoms with E-state index in [1.54, 1.807) is 12.1 Å². The van der Waals surface area contributed by atoms with Crippen LogP contribution in [0.5, 0.6) is 0 Å². The zero-order valence-electron chi connectivity index (χ0n) is 10.1. The molecular formula is C12H11BrN4O2. The van der Waals surface area contributed by atoms with Crippen LogP contribution in [0.1, 0.15) is 12.6 Å². The zero-order valence-corrected chi connectivity index (χ0v) is 11.7. The Morgan fingerprint density at radius 2 is 2.16 bits per heavy atom. The molecule has 0 fully saturated rings. The summed E-state index contributed by atoms with van der Waals surface area (Å²) >= 11 is 3.33. The van der Waals surface area contributed by atoms with Gasteiger partial charge in [0.1, 0.15) is 5.82 Å². The topological polar surface area (TPSA) is 94.9 Å². The van der Waals surface area contributed by atoms with Gasteiger partial charge in [-0.2, -0.15) is 0 Å². The van der Waals surface area contributed by atoms with Crippen molar-refractivity contribution in [2.45, 2.75) is 13.3 Å². The minimum atomic E-state index is -0.452. The Hall–Kier alpha value is -2.02. The first-order valence-electron chi connectivity index (χ1n) is 5.59. The summed E-state index contributed by atoms with van der Waals surface area (Å²) in [4.78, 5) is 18.8. The highest BCUT2D eigenvalue weighted by Gasteiger charge is 2.13. The van der Waals surface area contributed by atoms with Gasteiger partial charge in [0.2, 0.25) is 0 Å². The summed E-state index contributed by atoms with van der Waals surface area (Å²) in [6.07, 6.45) is 0.690. The fraction of sp³-hybridized carbons (Fsp3) is 0.167. The largest absolute Gasteiger partial charge is 0.383 e. The average molecular weight is 323 g/mol. The molecule has 1 aromatic carbocycles. The van der Waals surface area contributed by atoms with Crippen LogP contribution in [0.25, 0.3) is 11.4 Å². The lowest BCUT2D eigenvalue weighted by molar-refractivity contribution is -0.384. The molecular weight excluding hydrogens is 312 g/mol. The molecule has 0 bridgehead atoms. The van der Waals surface area contributed by atoms with Gasteiger partial charge < -0.3 is 5.73 Å². The van der Waals surface area contributed by atoms with Crippen LogP contribution in [-0.2, 0) is 6.42 Å². The second kappa shape index (κ2) is 5.31. The van der Waals surface area contributed by atoms with E-state index in [9.17, 15) is 10.1 Å². The van der Waals surface area contributed by atoms with Crippen molar-refractivity contribution in [1.82, 2.24) is 9.97 Å². The minimum Gasteiger partial charge on any atom is -0.383 e. The number of non-ortho nitro benzene ring substituents is 1. The Kier molecular flexibility index (Phi) is 3.75. The maximum Gasteiger partial charge on any atom is 0.270 e. The molecule has 0 saturated carbocycles. The van der Waals surface area contributed by atoms with Gasteiger partial charge in [0.05, 0.1) is 15.1 Å². The van der Waals surface area contributed by atoms with E-state index in [-0.39, 0.29) is 5.69 Å². The normalized spacial score (nSPS) is 10.4. The van der Waals surface area contributed by atoms with Crippen LogP contribution in [0.4, 0.5) is 11.5 Å². The van der Waals surface area contributed by atoms with E-state index in [2.05, 4.69) is 25.9 Å². The number of nitro groups is 1. The third-order valence-corrected chi connectivity index (χ3v) is 3.46. The number of hydrogen-bond donors (Lipinski definition) is 1. The molecule has 1 aromatic heterocycles. The third-order valence-electron chi connectivity index (χ3n) is 2.60. The lowest BCUT2D eigenvalue weighted by Gasteiger charge is -2.07. The molecule has 0 radical (unpaired) electrons. The predicted octanol–water partition coefficient (Wildman–Crippen LogP) is 2.96.